The smallest absolute Gasteiger partial charge is 0.334 e. The second kappa shape index (κ2) is 7.25. The Morgan fingerprint density at radius 3 is 2.70 bits per heavy atom. The third kappa shape index (κ3) is 3.61. The van der Waals surface area contributed by atoms with E-state index in [1.165, 1.54) is 6.92 Å². The van der Waals surface area contributed by atoms with Crippen LogP contribution in [0.4, 0.5) is 0 Å². The van der Waals surface area contributed by atoms with Crippen molar-refractivity contribution in [1.29, 1.82) is 0 Å². The Balaban J connectivity index is 1.90. The number of allylic oxidation sites excluding steroid dienone is 2. The van der Waals surface area contributed by atoms with Crippen molar-refractivity contribution < 1.29 is 23.9 Å². The lowest BCUT2D eigenvalue weighted by Gasteiger charge is -2.58. The third-order valence-electron chi connectivity index (χ3n) is 7.42. The molecule has 0 N–H and O–H groups in total. The highest BCUT2D eigenvalue weighted by Crippen LogP contribution is 2.61. The van der Waals surface area contributed by atoms with Crippen LogP contribution in [0.25, 0.3) is 0 Å². The average Bonchev–Trinajstić information content (AvgIpc) is 3.00. The molecule has 4 atom stereocenters. The van der Waals surface area contributed by atoms with Crippen molar-refractivity contribution in [3.05, 3.63) is 23.3 Å². The number of rotatable bonds is 5. The van der Waals surface area contributed by atoms with E-state index in [1.54, 1.807) is 6.08 Å². The van der Waals surface area contributed by atoms with Gasteiger partial charge in [-0.05, 0) is 67.4 Å². The average molecular weight is 374 g/mol. The molecule has 0 saturated heterocycles. The fourth-order valence-corrected chi connectivity index (χ4v) is 5.46. The van der Waals surface area contributed by atoms with Crippen molar-refractivity contribution in [1.82, 2.24) is 0 Å². The molecular formula is C22H30O5. The van der Waals surface area contributed by atoms with E-state index in [2.05, 4.69) is 20.8 Å². The quantitative estimate of drug-likeness (QED) is 0.685. The first-order valence-corrected chi connectivity index (χ1v) is 9.88. The molecular weight excluding hydrogens is 344 g/mol. The molecule has 1 aliphatic heterocycles. The number of hydrogen-bond donors (Lipinski definition) is 0. The largest absolute Gasteiger partial charge is 0.466 e. The molecule has 1 heterocycles. The van der Waals surface area contributed by atoms with Gasteiger partial charge >= 0.3 is 11.9 Å². The molecule has 0 amide bonds. The van der Waals surface area contributed by atoms with Crippen LogP contribution < -0.4 is 0 Å². The molecule has 0 radical (unpaired) electrons. The Morgan fingerprint density at radius 2 is 2.07 bits per heavy atom. The maximum absolute atomic E-state index is 12.4. The van der Waals surface area contributed by atoms with Crippen LogP contribution in [0.2, 0.25) is 0 Å². The minimum atomic E-state index is -0.274. The zero-order valence-corrected chi connectivity index (χ0v) is 16.8. The molecule has 5 heteroatoms. The molecule has 0 aromatic heterocycles. The van der Waals surface area contributed by atoms with E-state index in [1.807, 2.05) is 6.08 Å². The maximum atomic E-state index is 12.4. The van der Waals surface area contributed by atoms with E-state index >= 15 is 0 Å². The van der Waals surface area contributed by atoms with Gasteiger partial charge in [-0.25, -0.2) is 4.79 Å². The van der Waals surface area contributed by atoms with Gasteiger partial charge < -0.3 is 9.47 Å². The van der Waals surface area contributed by atoms with Crippen LogP contribution in [0.15, 0.2) is 23.3 Å². The van der Waals surface area contributed by atoms with E-state index in [9.17, 15) is 14.4 Å². The van der Waals surface area contributed by atoms with Gasteiger partial charge in [-0.3, -0.25) is 9.59 Å². The van der Waals surface area contributed by atoms with E-state index in [0.29, 0.717) is 26.1 Å². The number of esters is 2. The molecule has 4 unspecified atom stereocenters. The lowest BCUT2D eigenvalue weighted by Crippen LogP contribution is -2.52. The summed E-state index contributed by atoms with van der Waals surface area (Å²) in [4.78, 5) is 35.7. The molecule has 1 fully saturated rings. The highest BCUT2D eigenvalue weighted by molar-refractivity contribution is 5.92. The van der Waals surface area contributed by atoms with Crippen LogP contribution >= 0.6 is 0 Å². The summed E-state index contributed by atoms with van der Waals surface area (Å²) in [6.45, 7) is 8.70. The van der Waals surface area contributed by atoms with Gasteiger partial charge in [0.2, 0.25) is 0 Å². The molecule has 2 aliphatic carbocycles. The lowest BCUT2D eigenvalue weighted by atomic mass is 9.46. The Hall–Kier alpha value is -1.91. The standard InChI is InChI=1S/C22H30O5/c1-14-11-18(24)12-19-21(14,3)9-6-17(13-27-15(2)23)22(19,4)8-5-16-7-10-26-20(16)25/h7,11,17,19H,5-6,8-10,12-13H2,1-4H3. The number of carbonyl (C=O) groups is 3. The van der Waals surface area contributed by atoms with Crippen molar-refractivity contribution in [3.63, 3.8) is 0 Å². The van der Waals surface area contributed by atoms with Gasteiger partial charge in [0.25, 0.3) is 0 Å². The van der Waals surface area contributed by atoms with Crippen molar-refractivity contribution >= 4 is 17.7 Å². The zero-order valence-electron chi connectivity index (χ0n) is 16.8. The second-order valence-electron chi connectivity index (χ2n) is 8.84. The highest BCUT2D eigenvalue weighted by atomic mass is 16.5. The maximum Gasteiger partial charge on any atom is 0.334 e. The summed E-state index contributed by atoms with van der Waals surface area (Å²) in [5.74, 6) is 0.0212. The Morgan fingerprint density at radius 1 is 1.33 bits per heavy atom. The number of hydrogen-bond acceptors (Lipinski definition) is 5. The van der Waals surface area contributed by atoms with Crippen LogP contribution in [0.3, 0.4) is 0 Å². The van der Waals surface area contributed by atoms with Gasteiger partial charge in [0.05, 0.1) is 6.61 Å². The minimum absolute atomic E-state index is 0.0278. The Bertz CT molecular complexity index is 718. The first kappa shape index (κ1) is 19.8. The van der Waals surface area contributed by atoms with Crippen molar-refractivity contribution in [3.8, 4) is 0 Å². The van der Waals surface area contributed by atoms with E-state index in [-0.39, 0.29) is 40.4 Å². The SMILES string of the molecule is CC(=O)OCC1CCC2(C)C(C)=CC(=O)CC2C1(C)CCC1=CCOC1=O. The second-order valence-corrected chi connectivity index (χ2v) is 8.84. The van der Waals surface area contributed by atoms with Gasteiger partial charge in [0.1, 0.15) is 6.61 Å². The topological polar surface area (TPSA) is 69.7 Å². The van der Waals surface area contributed by atoms with Crippen LogP contribution in [-0.2, 0) is 23.9 Å². The van der Waals surface area contributed by atoms with Crippen molar-refractivity contribution in [2.24, 2.45) is 22.7 Å². The van der Waals surface area contributed by atoms with Gasteiger partial charge in [-0.2, -0.15) is 0 Å². The van der Waals surface area contributed by atoms with Crippen LogP contribution in [0.5, 0.6) is 0 Å². The summed E-state index contributed by atoms with van der Waals surface area (Å²) in [6, 6.07) is 0. The van der Waals surface area contributed by atoms with E-state index in [4.69, 9.17) is 9.47 Å². The Labute approximate surface area is 161 Å². The van der Waals surface area contributed by atoms with Gasteiger partial charge in [0, 0.05) is 18.9 Å². The molecule has 0 spiro atoms. The molecule has 1 saturated carbocycles. The highest BCUT2D eigenvalue weighted by Gasteiger charge is 2.55. The molecule has 0 aromatic rings. The number of ether oxygens (including phenoxy) is 2. The normalized spacial score (nSPS) is 35.9. The monoisotopic (exact) mass is 374 g/mol. The van der Waals surface area contributed by atoms with Gasteiger partial charge in [0.15, 0.2) is 5.78 Å². The first-order chi connectivity index (χ1) is 12.7. The molecule has 0 bridgehead atoms. The van der Waals surface area contributed by atoms with Crippen LogP contribution in [0, 0.1) is 22.7 Å². The predicted molar refractivity (Wildman–Crippen MR) is 101 cm³/mol. The fourth-order valence-electron chi connectivity index (χ4n) is 5.46. The predicted octanol–water partition coefficient (Wildman–Crippen LogP) is 3.77. The lowest BCUT2D eigenvalue weighted by molar-refractivity contribution is -0.149. The van der Waals surface area contributed by atoms with Crippen LogP contribution in [0.1, 0.15) is 59.8 Å². The summed E-state index contributed by atoms with van der Waals surface area (Å²) in [7, 11) is 0. The van der Waals surface area contributed by atoms with Crippen LogP contribution in [-0.4, -0.2) is 30.9 Å². The number of cyclic esters (lactones) is 1. The number of fused-ring (bicyclic) bond motifs is 1. The minimum Gasteiger partial charge on any atom is -0.466 e. The van der Waals surface area contributed by atoms with E-state index in [0.717, 1.165) is 30.4 Å². The molecule has 148 valence electrons. The van der Waals surface area contributed by atoms with Crippen molar-refractivity contribution in [2.75, 3.05) is 13.2 Å². The first-order valence-electron chi connectivity index (χ1n) is 9.88. The number of carbonyl (C=O) groups excluding carboxylic acids is 3. The zero-order chi connectivity index (χ0) is 19.8. The molecule has 3 aliphatic rings. The summed E-state index contributed by atoms with van der Waals surface area (Å²) in [5, 5.41) is 0. The summed E-state index contributed by atoms with van der Waals surface area (Å²) in [5.41, 5.74) is 1.65. The summed E-state index contributed by atoms with van der Waals surface area (Å²) >= 11 is 0. The van der Waals surface area contributed by atoms with Crippen molar-refractivity contribution in [2.45, 2.75) is 59.8 Å². The molecule has 27 heavy (non-hydrogen) atoms. The van der Waals surface area contributed by atoms with E-state index < -0.39 is 0 Å². The number of ketones is 1. The van der Waals surface area contributed by atoms with Gasteiger partial charge in [-0.1, -0.05) is 19.4 Å². The molecule has 3 rings (SSSR count). The molecule has 5 nitrogen and oxygen atoms in total. The third-order valence-corrected chi connectivity index (χ3v) is 7.42. The molecule has 0 aromatic carbocycles. The summed E-state index contributed by atoms with van der Waals surface area (Å²) in [6.07, 6.45) is 7.52. The summed E-state index contributed by atoms with van der Waals surface area (Å²) < 4.78 is 10.4. The fraction of sp³-hybridized carbons (Fsp3) is 0.682. The Kier molecular flexibility index (Phi) is 5.33. The van der Waals surface area contributed by atoms with Gasteiger partial charge in [-0.15, -0.1) is 0 Å².